The number of hydrogen-bond acceptors (Lipinski definition) is 3. The molecule has 134 valence electrons. The molecule has 24 heavy (non-hydrogen) atoms. The highest BCUT2D eigenvalue weighted by molar-refractivity contribution is 5.96. The molecule has 1 aromatic rings. The molecule has 0 amide bonds. The summed E-state index contributed by atoms with van der Waals surface area (Å²) in [7, 11) is 0. The molecular weight excluding hydrogens is 300 g/mol. The minimum atomic E-state index is -0.0980. The second-order valence-electron chi connectivity index (χ2n) is 8.71. The molecule has 0 atom stereocenters. The molecule has 1 aliphatic heterocycles. The maximum Gasteiger partial charge on any atom is 0.162 e. The third-order valence-corrected chi connectivity index (χ3v) is 4.49. The van der Waals surface area contributed by atoms with Crippen LogP contribution in [0.3, 0.4) is 0 Å². The number of unbranched alkanes of at least 4 members (excludes halogenated alkanes) is 1. The molecule has 3 heteroatoms. The van der Waals surface area contributed by atoms with Crippen molar-refractivity contribution in [1.29, 1.82) is 0 Å². The van der Waals surface area contributed by atoms with Crippen molar-refractivity contribution >= 4 is 5.78 Å². The minimum absolute atomic E-state index is 0.0980. The number of carbonyl (C=O) groups is 1. The van der Waals surface area contributed by atoms with E-state index in [0.29, 0.717) is 6.42 Å². The summed E-state index contributed by atoms with van der Waals surface area (Å²) < 4.78 is 11.4. The lowest BCUT2D eigenvalue weighted by Gasteiger charge is -2.34. The molecule has 0 saturated carbocycles. The van der Waals surface area contributed by atoms with E-state index >= 15 is 0 Å². The van der Waals surface area contributed by atoms with Crippen molar-refractivity contribution in [2.75, 3.05) is 13.2 Å². The Morgan fingerprint density at radius 2 is 1.67 bits per heavy atom. The lowest BCUT2D eigenvalue weighted by atomic mass is 9.86. The van der Waals surface area contributed by atoms with Crippen molar-refractivity contribution < 1.29 is 14.3 Å². The van der Waals surface area contributed by atoms with Gasteiger partial charge >= 0.3 is 0 Å². The number of rotatable bonds is 6. The van der Waals surface area contributed by atoms with E-state index in [9.17, 15) is 4.79 Å². The van der Waals surface area contributed by atoms with Crippen LogP contribution in [-0.4, -0.2) is 25.3 Å². The predicted octanol–water partition coefficient (Wildman–Crippen LogP) is 5.13. The van der Waals surface area contributed by atoms with Gasteiger partial charge in [0.25, 0.3) is 0 Å². The average molecular weight is 332 g/mol. The molecule has 1 aliphatic rings. The summed E-state index contributed by atoms with van der Waals surface area (Å²) in [4.78, 5) is 12.3. The number of hydrogen-bond donors (Lipinski definition) is 0. The van der Waals surface area contributed by atoms with E-state index in [1.165, 1.54) is 5.56 Å². The summed E-state index contributed by atoms with van der Waals surface area (Å²) in [6.45, 7) is 12.3. The first-order chi connectivity index (χ1) is 11.2. The summed E-state index contributed by atoms with van der Waals surface area (Å²) in [5, 5.41) is 0. The van der Waals surface area contributed by atoms with Crippen LogP contribution in [0.15, 0.2) is 24.3 Å². The summed E-state index contributed by atoms with van der Waals surface area (Å²) in [5.74, 6) is 0.224. The Morgan fingerprint density at radius 1 is 1.08 bits per heavy atom. The highest BCUT2D eigenvalue weighted by Crippen LogP contribution is 2.25. The summed E-state index contributed by atoms with van der Waals surface area (Å²) >= 11 is 0. The van der Waals surface area contributed by atoms with Crippen LogP contribution in [0, 0.1) is 5.41 Å². The Hall–Kier alpha value is -1.19. The quantitative estimate of drug-likeness (QED) is 0.535. The second kappa shape index (κ2) is 7.79. The standard InChI is InChI=1S/C21H32O3/c1-20(2,3)17-12-10-16(11-13-17)18(22)8-6-7-9-19-23-14-21(4,5)15-24-19/h10-13,19H,6-9,14-15H2,1-5H3. The Kier molecular flexibility index (Phi) is 6.22. The SMILES string of the molecule is CC1(C)COC(CCCCC(=O)c2ccc(C(C)(C)C)cc2)OC1. The Labute approximate surface area is 146 Å². The van der Waals surface area contributed by atoms with Crippen LogP contribution in [-0.2, 0) is 14.9 Å². The molecule has 0 bridgehead atoms. The van der Waals surface area contributed by atoms with Gasteiger partial charge in [-0.3, -0.25) is 4.79 Å². The van der Waals surface area contributed by atoms with Gasteiger partial charge in [0, 0.05) is 17.4 Å². The van der Waals surface area contributed by atoms with Crippen molar-refractivity contribution in [2.24, 2.45) is 5.41 Å². The minimum Gasteiger partial charge on any atom is -0.352 e. The third kappa shape index (κ3) is 5.71. The van der Waals surface area contributed by atoms with E-state index in [1.807, 2.05) is 12.1 Å². The molecule has 0 radical (unpaired) electrons. The monoisotopic (exact) mass is 332 g/mol. The normalized spacial score (nSPS) is 18.5. The molecule has 3 nitrogen and oxygen atoms in total. The van der Waals surface area contributed by atoms with Crippen molar-refractivity contribution in [3.8, 4) is 0 Å². The first kappa shape index (κ1) is 19.1. The topological polar surface area (TPSA) is 35.5 Å². The fraction of sp³-hybridized carbons (Fsp3) is 0.667. The number of Topliss-reactive ketones (excluding diaryl/α,β-unsaturated/α-hetero) is 1. The van der Waals surface area contributed by atoms with E-state index in [2.05, 4.69) is 46.8 Å². The molecule has 2 rings (SSSR count). The molecule has 1 aromatic carbocycles. The zero-order valence-electron chi connectivity index (χ0n) is 15.9. The Balaban J connectivity index is 1.70. The molecule has 0 spiro atoms. The van der Waals surface area contributed by atoms with Crippen LogP contribution in [0.1, 0.15) is 76.2 Å². The van der Waals surface area contributed by atoms with Gasteiger partial charge < -0.3 is 9.47 Å². The van der Waals surface area contributed by atoms with Crippen molar-refractivity contribution in [3.05, 3.63) is 35.4 Å². The summed E-state index contributed by atoms with van der Waals surface area (Å²) in [5.41, 5.74) is 2.31. The van der Waals surface area contributed by atoms with E-state index in [-0.39, 0.29) is 22.9 Å². The number of ether oxygens (including phenoxy) is 2. The van der Waals surface area contributed by atoms with Crippen LogP contribution in [0.25, 0.3) is 0 Å². The summed E-state index contributed by atoms with van der Waals surface area (Å²) in [6.07, 6.45) is 3.20. The smallest absolute Gasteiger partial charge is 0.162 e. The van der Waals surface area contributed by atoms with Gasteiger partial charge in [-0.05, 0) is 30.2 Å². The van der Waals surface area contributed by atoms with Gasteiger partial charge in [0.1, 0.15) is 0 Å². The van der Waals surface area contributed by atoms with E-state index in [0.717, 1.165) is 38.0 Å². The zero-order chi connectivity index (χ0) is 17.8. The molecule has 0 aromatic heterocycles. The fourth-order valence-electron chi connectivity index (χ4n) is 2.79. The molecule has 1 heterocycles. The highest BCUT2D eigenvalue weighted by Gasteiger charge is 2.27. The third-order valence-electron chi connectivity index (χ3n) is 4.49. The van der Waals surface area contributed by atoms with Crippen LogP contribution >= 0.6 is 0 Å². The molecular formula is C21H32O3. The number of benzene rings is 1. The Morgan fingerprint density at radius 3 is 2.21 bits per heavy atom. The zero-order valence-corrected chi connectivity index (χ0v) is 15.9. The molecule has 0 unspecified atom stereocenters. The van der Waals surface area contributed by atoms with Crippen LogP contribution in [0.2, 0.25) is 0 Å². The van der Waals surface area contributed by atoms with Gasteiger partial charge in [-0.2, -0.15) is 0 Å². The maximum absolute atomic E-state index is 12.3. The first-order valence-corrected chi connectivity index (χ1v) is 9.04. The molecule has 1 saturated heterocycles. The van der Waals surface area contributed by atoms with Crippen molar-refractivity contribution in [3.63, 3.8) is 0 Å². The van der Waals surface area contributed by atoms with E-state index < -0.39 is 0 Å². The summed E-state index contributed by atoms with van der Waals surface area (Å²) in [6, 6.07) is 8.05. The van der Waals surface area contributed by atoms with Crippen molar-refractivity contribution in [1.82, 2.24) is 0 Å². The van der Waals surface area contributed by atoms with Crippen LogP contribution in [0.4, 0.5) is 0 Å². The van der Waals surface area contributed by atoms with E-state index in [1.54, 1.807) is 0 Å². The van der Waals surface area contributed by atoms with Crippen molar-refractivity contribution in [2.45, 2.75) is 72.0 Å². The van der Waals surface area contributed by atoms with Gasteiger partial charge in [-0.1, -0.05) is 58.9 Å². The van der Waals surface area contributed by atoms with Gasteiger partial charge in [0.2, 0.25) is 0 Å². The largest absolute Gasteiger partial charge is 0.352 e. The molecule has 1 fully saturated rings. The lowest BCUT2D eigenvalue weighted by molar-refractivity contribution is -0.224. The first-order valence-electron chi connectivity index (χ1n) is 9.04. The van der Waals surface area contributed by atoms with Gasteiger partial charge in [0.15, 0.2) is 12.1 Å². The van der Waals surface area contributed by atoms with Gasteiger partial charge in [0.05, 0.1) is 13.2 Å². The fourth-order valence-corrected chi connectivity index (χ4v) is 2.79. The highest BCUT2D eigenvalue weighted by atomic mass is 16.7. The molecule has 0 aliphatic carbocycles. The Bertz CT molecular complexity index is 527. The maximum atomic E-state index is 12.3. The number of ketones is 1. The van der Waals surface area contributed by atoms with Gasteiger partial charge in [-0.25, -0.2) is 0 Å². The number of carbonyl (C=O) groups excluding carboxylic acids is 1. The van der Waals surface area contributed by atoms with E-state index in [4.69, 9.17) is 9.47 Å². The average Bonchev–Trinajstić information content (AvgIpc) is 2.52. The predicted molar refractivity (Wildman–Crippen MR) is 97.4 cm³/mol. The lowest BCUT2D eigenvalue weighted by Crippen LogP contribution is -2.37. The van der Waals surface area contributed by atoms with Gasteiger partial charge in [-0.15, -0.1) is 0 Å². The second-order valence-corrected chi connectivity index (χ2v) is 8.71. The van der Waals surface area contributed by atoms with Crippen LogP contribution < -0.4 is 0 Å². The van der Waals surface area contributed by atoms with Crippen LogP contribution in [0.5, 0.6) is 0 Å². The molecule has 0 N–H and O–H groups in total.